The molecule has 1 aliphatic heterocycles. The van der Waals surface area contributed by atoms with E-state index in [9.17, 15) is 0 Å². The van der Waals surface area contributed by atoms with E-state index in [1.165, 1.54) is 44.1 Å². The second-order valence-electron chi connectivity index (χ2n) is 5.08. The summed E-state index contributed by atoms with van der Waals surface area (Å²) in [6.45, 7) is 0. The van der Waals surface area contributed by atoms with Crippen molar-refractivity contribution >= 4 is 11.8 Å². The lowest BCUT2D eigenvalue weighted by atomic mass is 9.98. The van der Waals surface area contributed by atoms with Crippen molar-refractivity contribution in [1.29, 1.82) is 0 Å². The Kier molecular flexibility index (Phi) is 3.72. The van der Waals surface area contributed by atoms with Crippen molar-refractivity contribution < 1.29 is 4.74 Å². The highest BCUT2D eigenvalue weighted by atomic mass is 32.2. The summed E-state index contributed by atoms with van der Waals surface area (Å²) in [6, 6.07) is 10.7. The fourth-order valence-electron chi connectivity index (χ4n) is 2.84. The molecule has 2 fully saturated rings. The zero-order chi connectivity index (χ0) is 11.5. The van der Waals surface area contributed by atoms with Crippen molar-refractivity contribution in [3.63, 3.8) is 0 Å². The van der Waals surface area contributed by atoms with Crippen LogP contribution in [0.4, 0.5) is 0 Å². The number of hydrogen-bond acceptors (Lipinski definition) is 2. The summed E-state index contributed by atoms with van der Waals surface area (Å²) in [5, 5.41) is 0.737. The number of hydrogen-bond donors (Lipinski definition) is 0. The molecule has 1 aromatic carbocycles. The average molecular weight is 248 g/mol. The van der Waals surface area contributed by atoms with Crippen molar-refractivity contribution in [1.82, 2.24) is 0 Å². The Bertz CT molecular complexity index is 335. The Morgan fingerprint density at radius 2 is 1.71 bits per heavy atom. The van der Waals surface area contributed by atoms with Crippen LogP contribution in [0.5, 0.6) is 0 Å². The summed E-state index contributed by atoms with van der Waals surface area (Å²) in [4.78, 5) is 0. The Hall–Kier alpha value is -0.470. The summed E-state index contributed by atoms with van der Waals surface area (Å²) in [6.07, 6.45) is 8.67. The molecule has 2 heteroatoms. The highest BCUT2D eigenvalue weighted by Gasteiger charge is 2.36. The molecule has 1 heterocycles. The molecule has 0 radical (unpaired) electrons. The third-order valence-corrected chi connectivity index (χ3v) is 5.33. The zero-order valence-electron chi connectivity index (χ0n) is 10.2. The lowest BCUT2D eigenvalue weighted by molar-refractivity contribution is 0.0421. The maximum atomic E-state index is 6.25. The Morgan fingerprint density at radius 3 is 2.53 bits per heavy atom. The number of benzene rings is 1. The fraction of sp³-hybridized carbons (Fsp3) is 0.600. The molecule has 3 rings (SSSR count). The van der Waals surface area contributed by atoms with Gasteiger partial charge in [-0.25, -0.2) is 0 Å². The smallest absolute Gasteiger partial charge is 0.129 e. The molecule has 0 N–H and O–H groups in total. The van der Waals surface area contributed by atoms with Crippen LogP contribution < -0.4 is 0 Å². The molecule has 1 aliphatic carbocycles. The first-order valence-corrected chi connectivity index (χ1v) is 7.73. The molecule has 1 saturated carbocycles. The van der Waals surface area contributed by atoms with Gasteiger partial charge in [-0.15, -0.1) is 11.8 Å². The Labute approximate surface area is 108 Å². The van der Waals surface area contributed by atoms with E-state index in [2.05, 4.69) is 30.3 Å². The normalized spacial score (nSPS) is 33.8. The summed E-state index contributed by atoms with van der Waals surface area (Å²) >= 11 is 2.05. The number of ether oxygens (including phenoxy) is 1. The SMILES string of the molecule is c1ccc([C@H]2O[C@@H]3CCCCCC[C@@H]3S2)cc1. The summed E-state index contributed by atoms with van der Waals surface area (Å²) in [5.41, 5.74) is 1.62. The van der Waals surface area contributed by atoms with Crippen LogP contribution in [0, 0.1) is 0 Å². The predicted octanol–water partition coefficient (Wildman–Crippen LogP) is 4.54. The minimum absolute atomic E-state index is 0.282. The Balaban J connectivity index is 1.70. The molecule has 0 unspecified atom stereocenters. The number of fused-ring (bicyclic) bond motifs is 1. The summed E-state index contributed by atoms with van der Waals surface area (Å²) < 4.78 is 6.25. The van der Waals surface area contributed by atoms with Gasteiger partial charge >= 0.3 is 0 Å². The van der Waals surface area contributed by atoms with E-state index in [4.69, 9.17) is 4.74 Å². The molecule has 0 spiro atoms. The minimum atomic E-state index is 0.282. The van der Waals surface area contributed by atoms with E-state index in [-0.39, 0.29) is 5.44 Å². The second kappa shape index (κ2) is 5.45. The molecule has 0 bridgehead atoms. The molecule has 0 aromatic heterocycles. The van der Waals surface area contributed by atoms with Gasteiger partial charge in [0.15, 0.2) is 0 Å². The van der Waals surface area contributed by atoms with Gasteiger partial charge in [-0.2, -0.15) is 0 Å². The van der Waals surface area contributed by atoms with Crippen LogP contribution in [0.3, 0.4) is 0 Å². The molecular formula is C15H20OS. The Morgan fingerprint density at radius 1 is 0.941 bits per heavy atom. The van der Waals surface area contributed by atoms with Gasteiger partial charge in [0.25, 0.3) is 0 Å². The highest BCUT2D eigenvalue weighted by molar-refractivity contribution is 8.00. The maximum Gasteiger partial charge on any atom is 0.129 e. The van der Waals surface area contributed by atoms with Gasteiger partial charge in [0, 0.05) is 5.25 Å². The summed E-state index contributed by atoms with van der Waals surface area (Å²) in [5.74, 6) is 0. The standard InChI is InChI=1S/C15H20OS/c1-2-7-11-14-13(10-6-1)16-15(17-14)12-8-4-3-5-9-12/h3-5,8-9,13-15H,1-2,6-7,10-11H2/t13-,14+,15+/m1/s1. The largest absolute Gasteiger partial charge is 0.358 e. The van der Waals surface area contributed by atoms with Crippen molar-refractivity contribution in [2.45, 2.75) is 55.3 Å². The van der Waals surface area contributed by atoms with E-state index in [1.807, 2.05) is 11.8 Å². The number of rotatable bonds is 1. The first-order chi connectivity index (χ1) is 8.43. The molecule has 17 heavy (non-hydrogen) atoms. The first kappa shape index (κ1) is 11.6. The van der Waals surface area contributed by atoms with E-state index >= 15 is 0 Å². The lowest BCUT2D eigenvalue weighted by Crippen LogP contribution is -2.21. The predicted molar refractivity (Wildman–Crippen MR) is 73.1 cm³/mol. The van der Waals surface area contributed by atoms with Crippen molar-refractivity contribution in [2.24, 2.45) is 0 Å². The van der Waals surface area contributed by atoms with Crippen LogP contribution in [-0.4, -0.2) is 11.4 Å². The van der Waals surface area contributed by atoms with Gasteiger partial charge in [-0.05, 0) is 18.4 Å². The lowest BCUT2D eigenvalue weighted by Gasteiger charge is -2.19. The third-order valence-electron chi connectivity index (χ3n) is 3.81. The van der Waals surface area contributed by atoms with E-state index in [1.54, 1.807) is 0 Å². The van der Waals surface area contributed by atoms with Gasteiger partial charge in [-0.3, -0.25) is 0 Å². The third kappa shape index (κ3) is 2.69. The van der Waals surface area contributed by atoms with Crippen LogP contribution in [0.15, 0.2) is 30.3 Å². The molecular weight excluding hydrogens is 228 g/mol. The maximum absolute atomic E-state index is 6.25. The van der Waals surface area contributed by atoms with Crippen molar-refractivity contribution in [2.75, 3.05) is 0 Å². The molecule has 92 valence electrons. The first-order valence-electron chi connectivity index (χ1n) is 6.79. The molecule has 0 amide bonds. The van der Waals surface area contributed by atoms with E-state index < -0.39 is 0 Å². The van der Waals surface area contributed by atoms with Crippen molar-refractivity contribution in [3.8, 4) is 0 Å². The van der Waals surface area contributed by atoms with Crippen LogP contribution in [-0.2, 0) is 4.74 Å². The second-order valence-corrected chi connectivity index (χ2v) is 6.39. The van der Waals surface area contributed by atoms with E-state index in [0.717, 1.165) is 5.25 Å². The molecule has 2 aliphatic rings. The molecule has 3 atom stereocenters. The highest BCUT2D eigenvalue weighted by Crippen LogP contribution is 2.47. The van der Waals surface area contributed by atoms with Crippen LogP contribution >= 0.6 is 11.8 Å². The van der Waals surface area contributed by atoms with Crippen molar-refractivity contribution in [3.05, 3.63) is 35.9 Å². The van der Waals surface area contributed by atoms with Gasteiger partial charge in [-0.1, -0.05) is 56.0 Å². The summed E-state index contributed by atoms with van der Waals surface area (Å²) in [7, 11) is 0. The van der Waals surface area contributed by atoms with E-state index in [0.29, 0.717) is 6.10 Å². The van der Waals surface area contributed by atoms with Gasteiger partial charge in [0.05, 0.1) is 6.10 Å². The minimum Gasteiger partial charge on any atom is -0.358 e. The van der Waals surface area contributed by atoms with Gasteiger partial charge in [0.2, 0.25) is 0 Å². The quantitative estimate of drug-likeness (QED) is 0.721. The fourth-order valence-corrected chi connectivity index (χ4v) is 4.36. The topological polar surface area (TPSA) is 9.23 Å². The average Bonchev–Trinajstić information content (AvgIpc) is 2.73. The van der Waals surface area contributed by atoms with Gasteiger partial charge in [0.1, 0.15) is 5.44 Å². The van der Waals surface area contributed by atoms with Crippen LogP contribution in [0.25, 0.3) is 0 Å². The number of thioether (sulfide) groups is 1. The molecule has 1 saturated heterocycles. The monoisotopic (exact) mass is 248 g/mol. The van der Waals surface area contributed by atoms with Crippen LogP contribution in [0.2, 0.25) is 0 Å². The molecule has 1 aromatic rings. The molecule has 1 nitrogen and oxygen atoms in total. The zero-order valence-corrected chi connectivity index (χ0v) is 11.0. The van der Waals surface area contributed by atoms with Gasteiger partial charge < -0.3 is 4.74 Å². The van der Waals surface area contributed by atoms with Crippen LogP contribution in [0.1, 0.15) is 49.5 Å².